The predicted molar refractivity (Wildman–Crippen MR) is 102 cm³/mol. The number of thiocarbonyl (C=S) groups is 1. The fourth-order valence-electron chi connectivity index (χ4n) is 2.83. The van der Waals surface area contributed by atoms with Crippen LogP contribution in [0, 0.1) is 10.1 Å². The molecule has 0 unspecified atom stereocenters. The van der Waals surface area contributed by atoms with Gasteiger partial charge in [0.2, 0.25) is 0 Å². The molecule has 0 spiro atoms. The Balaban J connectivity index is 1.64. The highest BCUT2D eigenvalue weighted by molar-refractivity contribution is 7.80. The molecule has 134 valence electrons. The Labute approximate surface area is 156 Å². The zero-order chi connectivity index (χ0) is 18.5. The van der Waals surface area contributed by atoms with Gasteiger partial charge in [0.15, 0.2) is 0 Å². The van der Waals surface area contributed by atoms with E-state index in [1.54, 1.807) is 12.1 Å². The Morgan fingerprint density at radius 2 is 1.54 bits per heavy atom. The van der Waals surface area contributed by atoms with Crippen molar-refractivity contribution in [1.29, 1.82) is 0 Å². The molecule has 1 heterocycles. The van der Waals surface area contributed by atoms with Crippen LogP contribution in [0.25, 0.3) is 0 Å². The van der Waals surface area contributed by atoms with Crippen LogP contribution in [0.5, 0.6) is 5.75 Å². The summed E-state index contributed by atoms with van der Waals surface area (Å²) in [5, 5.41) is 10.6. The molecule has 1 fully saturated rings. The van der Waals surface area contributed by atoms with Crippen molar-refractivity contribution in [3.63, 3.8) is 0 Å². The van der Waals surface area contributed by atoms with Gasteiger partial charge in [-0.3, -0.25) is 10.1 Å². The highest BCUT2D eigenvalue weighted by Crippen LogP contribution is 2.19. The van der Waals surface area contributed by atoms with Crippen LogP contribution >= 0.6 is 12.2 Å². The summed E-state index contributed by atoms with van der Waals surface area (Å²) in [6.45, 7) is 1.96. The molecule has 0 amide bonds. The number of benzene rings is 2. The predicted octanol–water partition coefficient (Wildman–Crippen LogP) is 3.98. The minimum atomic E-state index is -0.564. The van der Waals surface area contributed by atoms with E-state index in [1.165, 1.54) is 30.7 Å². The molecule has 1 aliphatic heterocycles. The van der Waals surface area contributed by atoms with E-state index < -0.39 is 10.9 Å². The number of nitrogens with zero attached hydrogens (tertiary/aromatic N) is 2. The first-order valence-corrected chi connectivity index (χ1v) is 8.81. The average Bonchev–Trinajstić information content (AvgIpc) is 2.68. The standard InChI is InChI=1S/C19H18N2O4S/c22-19(15-4-8-16(9-5-15)21(23)24)25-17-10-6-14(7-11-17)18(26)20-12-2-1-3-13-20/h4-11H,1-3,12-13H2. The van der Waals surface area contributed by atoms with Gasteiger partial charge in [-0.05, 0) is 55.7 Å². The highest BCUT2D eigenvalue weighted by Gasteiger charge is 2.15. The molecule has 0 aliphatic carbocycles. The second-order valence-corrected chi connectivity index (χ2v) is 6.46. The third-order valence-electron chi connectivity index (χ3n) is 4.27. The lowest BCUT2D eigenvalue weighted by atomic mass is 10.1. The molecular weight excluding hydrogens is 352 g/mol. The molecule has 7 heteroatoms. The molecule has 26 heavy (non-hydrogen) atoms. The van der Waals surface area contributed by atoms with Crippen LogP contribution in [0.1, 0.15) is 35.2 Å². The van der Waals surface area contributed by atoms with Crippen molar-refractivity contribution < 1.29 is 14.5 Å². The van der Waals surface area contributed by atoms with E-state index in [1.807, 2.05) is 12.1 Å². The molecule has 0 atom stereocenters. The highest BCUT2D eigenvalue weighted by atomic mass is 32.1. The third-order valence-corrected chi connectivity index (χ3v) is 4.76. The number of non-ortho nitro benzene ring substituents is 1. The monoisotopic (exact) mass is 370 g/mol. The van der Waals surface area contributed by atoms with E-state index in [9.17, 15) is 14.9 Å². The summed E-state index contributed by atoms with van der Waals surface area (Å²) in [5.74, 6) is -0.162. The molecule has 1 saturated heterocycles. The maximum atomic E-state index is 12.1. The molecule has 1 aliphatic rings. The van der Waals surface area contributed by atoms with Gasteiger partial charge < -0.3 is 9.64 Å². The molecule has 0 N–H and O–H groups in total. The maximum absolute atomic E-state index is 12.1. The molecule has 0 saturated carbocycles. The minimum Gasteiger partial charge on any atom is -0.423 e. The average molecular weight is 370 g/mol. The van der Waals surface area contributed by atoms with E-state index in [2.05, 4.69) is 4.90 Å². The van der Waals surface area contributed by atoms with Crippen molar-refractivity contribution >= 4 is 28.9 Å². The quantitative estimate of drug-likeness (QED) is 0.267. The fraction of sp³-hybridized carbons (Fsp3) is 0.263. The Hall–Kier alpha value is -2.80. The van der Waals surface area contributed by atoms with Gasteiger partial charge in [0.05, 0.1) is 10.5 Å². The van der Waals surface area contributed by atoms with Crippen molar-refractivity contribution in [2.24, 2.45) is 0 Å². The number of rotatable bonds is 4. The van der Waals surface area contributed by atoms with Crippen molar-refractivity contribution in [1.82, 2.24) is 4.90 Å². The summed E-state index contributed by atoms with van der Waals surface area (Å²) < 4.78 is 5.32. The van der Waals surface area contributed by atoms with Crippen molar-refractivity contribution in [2.75, 3.05) is 13.1 Å². The molecule has 0 bridgehead atoms. The van der Waals surface area contributed by atoms with Crippen LogP contribution in [0.4, 0.5) is 5.69 Å². The number of hydrogen-bond acceptors (Lipinski definition) is 5. The van der Waals surface area contributed by atoms with Gasteiger partial charge >= 0.3 is 5.97 Å². The Kier molecular flexibility index (Phi) is 5.58. The van der Waals surface area contributed by atoms with Crippen LogP contribution < -0.4 is 4.74 Å². The van der Waals surface area contributed by atoms with E-state index >= 15 is 0 Å². The lowest BCUT2D eigenvalue weighted by Gasteiger charge is -2.29. The first kappa shape index (κ1) is 18.0. The number of carbonyl (C=O) groups excluding carboxylic acids is 1. The summed E-state index contributed by atoms with van der Waals surface area (Å²) in [6, 6.07) is 12.4. The number of likely N-dealkylation sites (tertiary alicyclic amines) is 1. The summed E-state index contributed by atoms with van der Waals surface area (Å²) in [6.07, 6.45) is 3.56. The first-order valence-electron chi connectivity index (χ1n) is 8.40. The number of hydrogen-bond donors (Lipinski definition) is 0. The Bertz CT molecular complexity index is 812. The summed E-state index contributed by atoms with van der Waals surface area (Å²) in [5.41, 5.74) is 1.11. The van der Waals surface area contributed by atoms with Crippen molar-refractivity contribution in [3.05, 3.63) is 69.8 Å². The number of piperidine rings is 1. The van der Waals surface area contributed by atoms with Crippen LogP contribution in [0.15, 0.2) is 48.5 Å². The van der Waals surface area contributed by atoms with Gasteiger partial charge in [-0.2, -0.15) is 0 Å². The van der Waals surface area contributed by atoms with E-state index in [0.717, 1.165) is 36.5 Å². The molecule has 0 radical (unpaired) electrons. The zero-order valence-corrected chi connectivity index (χ0v) is 14.9. The van der Waals surface area contributed by atoms with Crippen molar-refractivity contribution in [2.45, 2.75) is 19.3 Å². The van der Waals surface area contributed by atoms with Crippen molar-refractivity contribution in [3.8, 4) is 5.75 Å². The smallest absolute Gasteiger partial charge is 0.343 e. The largest absolute Gasteiger partial charge is 0.423 e. The van der Waals surface area contributed by atoms with Crippen LogP contribution in [0.2, 0.25) is 0 Å². The number of nitro benzene ring substituents is 1. The molecule has 3 rings (SSSR count). The summed E-state index contributed by atoms with van der Waals surface area (Å²) in [7, 11) is 0. The van der Waals surface area contributed by atoms with Gasteiger partial charge in [-0.25, -0.2) is 4.79 Å². The van der Waals surface area contributed by atoms with E-state index in [4.69, 9.17) is 17.0 Å². The SMILES string of the molecule is O=C(Oc1ccc(C(=S)N2CCCCC2)cc1)c1ccc([N+](=O)[O-])cc1. The number of carbonyl (C=O) groups is 1. The molecular formula is C19H18N2O4S. The molecule has 2 aromatic rings. The number of esters is 1. The lowest BCUT2D eigenvalue weighted by molar-refractivity contribution is -0.384. The van der Waals surface area contributed by atoms with E-state index in [0.29, 0.717) is 5.75 Å². The maximum Gasteiger partial charge on any atom is 0.343 e. The van der Waals surface area contributed by atoms with Gasteiger partial charge in [0.25, 0.3) is 5.69 Å². The van der Waals surface area contributed by atoms with Crippen LogP contribution in [0.3, 0.4) is 0 Å². The lowest BCUT2D eigenvalue weighted by Crippen LogP contribution is -2.34. The Morgan fingerprint density at radius 1 is 0.962 bits per heavy atom. The zero-order valence-electron chi connectivity index (χ0n) is 14.1. The molecule has 0 aromatic heterocycles. The van der Waals surface area contributed by atoms with Crippen LogP contribution in [-0.2, 0) is 0 Å². The first-order chi connectivity index (χ1) is 12.5. The Morgan fingerprint density at radius 3 is 2.12 bits per heavy atom. The number of ether oxygens (including phenoxy) is 1. The van der Waals surface area contributed by atoms with Gasteiger partial charge in [0, 0.05) is 30.8 Å². The third kappa shape index (κ3) is 4.23. The molecule has 6 nitrogen and oxygen atoms in total. The topological polar surface area (TPSA) is 72.7 Å². The fourth-order valence-corrected chi connectivity index (χ4v) is 3.15. The number of nitro groups is 1. The van der Waals surface area contributed by atoms with E-state index in [-0.39, 0.29) is 11.3 Å². The minimum absolute atomic E-state index is 0.0721. The van der Waals surface area contributed by atoms with Crippen LogP contribution in [-0.4, -0.2) is 33.9 Å². The van der Waals surface area contributed by atoms with Gasteiger partial charge in [-0.15, -0.1) is 0 Å². The van der Waals surface area contributed by atoms with Gasteiger partial charge in [0.1, 0.15) is 10.7 Å². The summed E-state index contributed by atoms with van der Waals surface area (Å²) >= 11 is 5.54. The molecule has 2 aromatic carbocycles. The second kappa shape index (κ2) is 8.05. The van der Waals surface area contributed by atoms with Gasteiger partial charge in [-0.1, -0.05) is 12.2 Å². The second-order valence-electron chi connectivity index (χ2n) is 6.07. The summed E-state index contributed by atoms with van der Waals surface area (Å²) in [4.78, 5) is 25.3. The normalized spacial score (nSPS) is 13.9.